The summed E-state index contributed by atoms with van der Waals surface area (Å²) in [6, 6.07) is 9.06. The highest BCUT2D eigenvalue weighted by molar-refractivity contribution is 5.22. The van der Waals surface area contributed by atoms with Crippen molar-refractivity contribution in [1.82, 2.24) is 10.2 Å². The molecule has 2 rings (SSSR count). The normalized spacial score (nSPS) is 17.3. The van der Waals surface area contributed by atoms with E-state index in [1.54, 1.807) is 0 Å². The van der Waals surface area contributed by atoms with E-state index >= 15 is 0 Å². The summed E-state index contributed by atoms with van der Waals surface area (Å²) in [5.41, 5.74) is 3.00. The van der Waals surface area contributed by atoms with Gasteiger partial charge in [0.25, 0.3) is 0 Å². The van der Waals surface area contributed by atoms with E-state index in [9.17, 15) is 0 Å². The van der Waals surface area contributed by atoms with E-state index in [4.69, 9.17) is 0 Å². The second-order valence-electron chi connectivity index (χ2n) is 6.40. The van der Waals surface area contributed by atoms with Crippen LogP contribution in [0.1, 0.15) is 44.7 Å². The monoisotopic (exact) mass is 246 g/mol. The van der Waals surface area contributed by atoms with Gasteiger partial charge < -0.3 is 5.32 Å². The third-order valence-corrected chi connectivity index (χ3v) is 3.45. The van der Waals surface area contributed by atoms with Crippen molar-refractivity contribution in [2.75, 3.05) is 13.1 Å². The number of hydrogen-bond donors (Lipinski definition) is 1. The number of likely N-dealkylation sites (tertiary alicyclic amines) is 1. The minimum absolute atomic E-state index is 0.189. The fourth-order valence-electron chi connectivity index (χ4n) is 2.33. The van der Waals surface area contributed by atoms with Gasteiger partial charge in [0.2, 0.25) is 0 Å². The van der Waals surface area contributed by atoms with Crippen LogP contribution in [0.5, 0.6) is 0 Å². The Bertz CT molecular complexity index is 356. The van der Waals surface area contributed by atoms with E-state index in [1.807, 2.05) is 0 Å². The minimum Gasteiger partial charge on any atom is -0.308 e. The van der Waals surface area contributed by atoms with Gasteiger partial charge in [-0.05, 0) is 57.8 Å². The Morgan fingerprint density at radius 2 is 1.56 bits per heavy atom. The molecule has 0 spiro atoms. The molecule has 0 amide bonds. The first-order chi connectivity index (χ1) is 8.53. The lowest BCUT2D eigenvalue weighted by atomic mass is 10.1. The van der Waals surface area contributed by atoms with Gasteiger partial charge in [-0.1, -0.05) is 24.3 Å². The molecule has 2 heteroatoms. The quantitative estimate of drug-likeness (QED) is 0.878. The molecule has 1 aromatic rings. The first-order valence-corrected chi connectivity index (χ1v) is 7.08. The predicted molar refractivity (Wildman–Crippen MR) is 77.5 cm³/mol. The Balaban J connectivity index is 1.85. The van der Waals surface area contributed by atoms with E-state index in [1.165, 1.54) is 37.1 Å². The summed E-state index contributed by atoms with van der Waals surface area (Å²) >= 11 is 0. The Hall–Kier alpha value is -0.860. The molecule has 1 saturated heterocycles. The van der Waals surface area contributed by atoms with Crippen LogP contribution in [0.4, 0.5) is 0 Å². The summed E-state index contributed by atoms with van der Waals surface area (Å²) in [5, 5.41) is 3.52. The fraction of sp³-hybridized carbons (Fsp3) is 0.625. The van der Waals surface area contributed by atoms with Crippen LogP contribution < -0.4 is 5.32 Å². The lowest BCUT2D eigenvalue weighted by molar-refractivity contribution is 0.331. The second kappa shape index (κ2) is 5.85. The van der Waals surface area contributed by atoms with E-state index in [-0.39, 0.29) is 5.54 Å². The second-order valence-corrected chi connectivity index (χ2v) is 6.40. The Morgan fingerprint density at radius 1 is 1.00 bits per heavy atom. The molecule has 2 nitrogen and oxygen atoms in total. The summed E-state index contributed by atoms with van der Waals surface area (Å²) in [4.78, 5) is 2.54. The molecule has 0 atom stereocenters. The van der Waals surface area contributed by atoms with E-state index in [2.05, 4.69) is 55.3 Å². The topological polar surface area (TPSA) is 15.3 Å². The van der Waals surface area contributed by atoms with Crippen molar-refractivity contribution < 1.29 is 0 Å². The van der Waals surface area contributed by atoms with Gasteiger partial charge >= 0.3 is 0 Å². The molecule has 1 fully saturated rings. The molecule has 1 aliphatic rings. The highest BCUT2D eigenvalue weighted by Gasteiger charge is 2.12. The van der Waals surface area contributed by atoms with Gasteiger partial charge in [-0.2, -0.15) is 0 Å². The fourth-order valence-corrected chi connectivity index (χ4v) is 2.33. The van der Waals surface area contributed by atoms with Crippen LogP contribution in [0.2, 0.25) is 0 Å². The molecule has 1 heterocycles. The maximum Gasteiger partial charge on any atom is 0.0233 e. The Labute approximate surface area is 111 Å². The molecular formula is C16H26N2. The van der Waals surface area contributed by atoms with Gasteiger partial charge in [-0.25, -0.2) is 0 Å². The number of nitrogens with zero attached hydrogens (tertiary/aromatic N) is 1. The molecule has 0 unspecified atom stereocenters. The third kappa shape index (κ3) is 4.43. The first kappa shape index (κ1) is 13.6. The van der Waals surface area contributed by atoms with Gasteiger partial charge in [0.15, 0.2) is 0 Å². The van der Waals surface area contributed by atoms with Crippen LogP contribution in [0.3, 0.4) is 0 Å². The van der Waals surface area contributed by atoms with Gasteiger partial charge in [0.1, 0.15) is 0 Å². The van der Waals surface area contributed by atoms with Crippen LogP contribution >= 0.6 is 0 Å². The minimum atomic E-state index is 0.189. The number of benzene rings is 1. The lowest BCUT2D eigenvalue weighted by Crippen LogP contribution is -2.35. The molecule has 0 bridgehead atoms. The SMILES string of the molecule is CC(C)(C)NCc1ccc(CN2CCCC2)cc1. The van der Waals surface area contributed by atoms with E-state index in [0.29, 0.717) is 0 Å². The van der Waals surface area contributed by atoms with Crippen molar-refractivity contribution >= 4 is 0 Å². The Kier molecular flexibility index (Phi) is 4.41. The van der Waals surface area contributed by atoms with Crippen molar-refractivity contribution in [2.24, 2.45) is 0 Å². The zero-order valence-electron chi connectivity index (χ0n) is 12.0. The first-order valence-electron chi connectivity index (χ1n) is 7.08. The highest BCUT2D eigenvalue weighted by atomic mass is 15.1. The molecule has 0 aliphatic carbocycles. The van der Waals surface area contributed by atoms with Crippen molar-refractivity contribution in [3.8, 4) is 0 Å². The maximum absolute atomic E-state index is 3.52. The van der Waals surface area contributed by atoms with E-state index in [0.717, 1.165) is 13.1 Å². The maximum atomic E-state index is 3.52. The van der Waals surface area contributed by atoms with Crippen molar-refractivity contribution in [2.45, 2.75) is 52.2 Å². The van der Waals surface area contributed by atoms with E-state index < -0.39 is 0 Å². The van der Waals surface area contributed by atoms with Crippen molar-refractivity contribution in [3.63, 3.8) is 0 Å². The van der Waals surface area contributed by atoms with Gasteiger partial charge in [0.05, 0.1) is 0 Å². The largest absolute Gasteiger partial charge is 0.308 e. The van der Waals surface area contributed by atoms with Crippen LogP contribution in [0.15, 0.2) is 24.3 Å². The highest BCUT2D eigenvalue weighted by Crippen LogP contribution is 2.13. The summed E-state index contributed by atoms with van der Waals surface area (Å²) in [6.45, 7) is 11.2. The lowest BCUT2D eigenvalue weighted by Gasteiger charge is -2.20. The zero-order valence-corrected chi connectivity index (χ0v) is 12.0. The van der Waals surface area contributed by atoms with Crippen molar-refractivity contribution in [1.29, 1.82) is 0 Å². The number of rotatable bonds is 4. The van der Waals surface area contributed by atoms with Crippen molar-refractivity contribution in [3.05, 3.63) is 35.4 Å². The number of hydrogen-bond acceptors (Lipinski definition) is 2. The van der Waals surface area contributed by atoms with Crippen LogP contribution in [-0.2, 0) is 13.1 Å². The molecule has 0 aromatic heterocycles. The average Bonchev–Trinajstić information content (AvgIpc) is 2.80. The van der Waals surface area contributed by atoms with Crippen LogP contribution in [0, 0.1) is 0 Å². The Morgan fingerprint density at radius 3 is 2.11 bits per heavy atom. The van der Waals surface area contributed by atoms with Gasteiger partial charge in [-0.3, -0.25) is 4.90 Å². The summed E-state index contributed by atoms with van der Waals surface area (Å²) in [7, 11) is 0. The average molecular weight is 246 g/mol. The predicted octanol–water partition coefficient (Wildman–Crippen LogP) is 3.17. The molecule has 0 radical (unpaired) electrons. The molecule has 1 aromatic carbocycles. The van der Waals surface area contributed by atoms with Gasteiger partial charge in [-0.15, -0.1) is 0 Å². The molecule has 1 N–H and O–H groups in total. The third-order valence-electron chi connectivity index (χ3n) is 3.45. The summed E-state index contributed by atoms with van der Waals surface area (Å²) < 4.78 is 0. The smallest absolute Gasteiger partial charge is 0.0233 e. The summed E-state index contributed by atoms with van der Waals surface area (Å²) in [5.74, 6) is 0. The molecule has 0 saturated carbocycles. The molecule has 18 heavy (non-hydrogen) atoms. The molecule has 100 valence electrons. The van der Waals surface area contributed by atoms with Gasteiger partial charge in [0, 0.05) is 18.6 Å². The zero-order chi connectivity index (χ0) is 13.0. The van der Waals surface area contributed by atoms with Crippen LogP contribution in [0.25, 0.3) is 0 Å². The molecule has 1 aliphatic heterocycles. The number of nitrogens with one attached hydrogen (secondary N) is 1. The molecular weight excluding hydrogens is 220 g/mol. The standard InChI is InChI=1S/C16H26N2/c1-16(2,3)17-12-14-6-8-15(9-7-14)13-18-10-4-5-11-18/h6-9,17H,4-5,10-13H2,1-3H3. The van der Waals surface area contributed by atoms with Crippen LogP contribution in [-0.4, -0.2) is 23.5 Å². The summed E-state index contributed by atoms with van der Waals surface area (Å²) in [6.07, 6.45) is 2.74.